The Balaban J connectivity index is 1.98. The number of anilines is 1. The number of amides is 2. The molecule has 30 heavy (non-hydrogen) atoms. The Morgan fingerprint density at radius 1 is 1.20 bits per heavy atom. The van der Waals surface area contributed by atoms with Crippen molar-refractivity contribution in [3.8, 4) is 5.75 Å². The molecule has 1 aliphatic rings. The van der Waals surface area contributed by atoms with E-state index in [2.05, 4.69) is 15.3 Å². The number of benzene rings is 1. The number of halogens is 1. The summed E-state index contributed by atoms with van der Waals surface area (Å²) in [7, 11) is -3.39. The summed E-state index contributed by atoms with van der Waals surface area (Å²) in [6, 6.07) is 6.13. The summed E-state index contributed by atoms with van der Waals surface area (Å²) in [6.07, 6.45) is 1.36. The Morgan fingerprint density at radius 2 is 1.97 bits per heavy atom. The largest absolute Gasteiger partial charge is 0.504 e. The standard InChI is InChI=1S/C18H14FN5O5S/c1-24-16-11-3-2-6-20-13(11)15(25)14(22-16)18(27)21-8-9-4-5-10(19)7-12(9)17(26)23-30(24,28)29/h2-7,25H,8H2,1H3,(H,21,27)(H,23,26). The van der Waals surface area contributed by atoms with Crippen molar-refractivity contribution in [2.75, 3.05) is 11.4 Å². The molecule has 0 unspecified atom stereocenters. The van der Waals surface area contributed by atoms with Gasteiger partial charge in [-0.1, -0.05) is 6.07 Å². The van der Waals surface area contributed by atoms with E-state index in [-0.39, 0.29) is 34.4 Å². The van der Waals surface area contributed by atoms with Gasteiger partial charge in [-0.25, -0.2) is 18.4 Å². The number of aromatic hydroxyl groups is 1. The summed E-state index contributed by atoms with van der Waals surface area (Å²) in [5, 5.41) is 13.1. The van der Waals surface area contributed by atoms with Crippen LogP contribution in [0.5, 0.6) is 5.75 Å². The van der Waals surface area contributed by atoms with Crippen LogP contribution in [0.2, 0.25) is 0 Å². The lowest BCUT2D eigenvalue weighted by molar-refractivity contribution is 0.0936. The first-order chi connectivity index (χ1) is 14.2. The minimum atomic E-state index is -4.51. The van der Waals surface area contributed by atoms with Crippen molar-refractivity contribution in [2.24, 2.45) is 0 Å². The summed E-state index contributed by atoms with van der Waals surface area (Å²) in [5.41, 5.74) is -0.589. The van der Waals surface area contributed by atoms with E-state index < -0.39 is 39.3 Å². The van der Waals surface area contributed by atoms with Gasteiger partial charge in [0.05, 0.1) is 0 Å². The monoisotopic (exact) mass is 431 g/mol. The molecular formula is C18H14FN5O5S. The van der Waals surface area contributed by atoms with Gasteiger partial charge in [-0.05, 0) is 29.8 Å². The average molecular weight is 431 g/mol. The topological polar surface area (TPSA) is 142 Å². The molecule has 2 amide bonds. The SMILES string of the molecule is CN1c2nc(c(O)c3ncccc23)C(=O)NCc2ccc(F)cc2C(=O)NS1(=O)=O. The highest BCUT2D eigenvalue weighted by Crippen LogP contribution is 2.33. The molecule has 3 N–H and O–H groups in total. The van der Waals surface area contributed by atoms with Crippen molar-refractivity contribution in [3.05, 3.63) is 59.2 Å². The van der Waals surface area contributed by atoms with Crippen LogP contribution < -0.4 is 14.3 Å². The molecular weight excluding hydrogens is 417 g/mol. The molecule has 2 bridgehead atoms. The third-order valence-corrected chi connectivity index (χ3v) is 5.90. The minimum absolute atomic E-state index is 0.0412. The number of fused-ring (bicyclic) bond motifs is 5. The molecule has 1 aromatic carbocycles. The number of rotatable bonds is 0. The van der Waals surface area contributed by atoms with Gasteiger partial charge in [0.25, 0.3) is 11.8 Å². The number of nitrogens with one attached hydrogen (secondary N) is 2. The number of pyridine rings is 2. The highest BCUT2D eigenvalue weighted by atomic mass is 32.2. The number of nitrogens with zero attached hydrogens (tertiary/aromatic N) is 3. The van der Waals surface area contributed by atoms with Crippen LogP contribution >= 0.6 is 0 Å². The Morgan fingerprint density at radius 3 is 2.73 bits per heavy atom. The second-order valence-corrected chi connectivity index (χ2v) is 8.12. The predicted octanol–water partition coefficient (Wildman–Crippen LogP) is 0.829. The zero-order valence-electron chi connectivity index (χ0n) is 15.4. The number of aromatic nitrogens is 2. The molecule has 0 saturated heterocycles. The first-order valence-electron chi connectivity index (χ1n) is 8.54. The predicted molar refractivity (Wildman–Crippen MR) is 104 cm³/mol. The van der Waals surface area contributed by atoms with Gasteiger partial charge in [0.15, 0.2) is 17.3 Å². The number of hydrogen-bond acceptors (Lipinski definition) is 7. The van der Waals surface area contributed by atoms with E-state index in [1.807, 2.05) is 4.72 Å². The van der Waals surface area contributed by atoms with Crippen molar-refractivity contribution in [3.63, 3.8) is 0 Å². The molecule has 0 atom stereocenters. The van der Waals surface area contributed by atoms with Gasteiger partial charge >= 0.3 is 10.2 Å². The summed E-state index contributed by atoms with van der Waals surface area (Å²) < 4.78 is 41.8. The molecule has 3 aromatic rings. The van der Waals surface area contributed by atoms with Crippen LogP contribution in [0.15, 0.2) is 36.5 Å². The maximum absolute atomic E-state index is 13.7. The summed E-state index contributed by atoms with van der Waals surface area (Å²) >= 11 is 0. The molecule has 1 aliphatic heterocycles. The molecule has 0 spiro atoms. The second kappa shape index (κ2) is 6.91. The van der Waals surface area contributed by atoms with Gasteiger partial charge in [0.1, 0.15) is 11.3 Å². The van der Waals surface area contributed by atoms with Crippen LogP contribution in [-0.2, 0) is 16.8 Å². The van der Waals surface area contributed by atoms with Crippen LogP contribution in [-0.4, -0.2) is 42.4 Å². The van der Waals surface area contributed by atoms with Gasteiger partial charge in [-0.3, -0.25) is 14.6 Å². The van der Waals surface area contributed by atoms with Crippen LogP contribution in [0.3, 0.4) is 0 Å². The van der Waals surface area contributed by atoms with Gasteiger partial charge in [-0.2, -0.15) is 8.42 Å². The fourth-order valence-electron chi connectivity index (χ4n) is 3.03. The lowest BCUT2D eigenvalue weighted by atomic mass is 10.1. The van der Waals surface area contributed by atoms with Crippen molar-refractivity contribution in [1.29, 1.82) is 0 Å². The third-order valence-electron chi connectivity index (χ3n) is 4.57. The maximum Gasteiger partial charge on any atom is 0.327 e. The molecule has 154 valence electrons. The summed E-state index contributed by atoms with van der Waals surface area (Å²) in [6.45, 7) is -0.242. The second-order valence-electron chi connectivity index (χ2n) is 6.42. The zero-order valence-corrected chi connectivity index (χ0v) is 16.2. The number of hydrogen-bond donors (Lipinski definition) is 3. The van der Waals surface area contributed by atoms with Gasteiger partial charge < -0.3 is 10.4 Å². The fraction of sp³-hybridized carbons (Fsp3) is 0.111. The molecule has 0 fully saturated rings. The fourth-order valence-corrected chi connectivity index (χ4v) is 3.88. The number of carbonyl (C=O) groups excluding carboxylic acids is 2. The molecule has 12 heteroatoms. The van der Waals surface area contributed by atoms with Crippen LogP contribution in [0.1, 0.15) is 26.4 Å². The van der Waals surface area contributed by atoms with Crippen molar-refractivity contribution < 1.29 is 27.5 Å². The maximum atomic E-state index is 13.7. The van der Waals surface area contributed by atoms with E-state index in [0.29, 0.717) is 4.31 Å². The molecule has 2 aromatic heterocycles. The van der Waals surface area contributed by atoms with Crippen molar-refractivity contribution in [2.45, 2.75) is 6.54 Å². The van der Waals surface area contributed by atoms with Crippen LogP contribution in [0.25, 0.3) is 10.9 Å². The first-order valence-corrected chi connectivity index (χ1v) is 9.98. The van der Waals surface area contributed by atoms with Gasteiger partial charge in [0, 0.05) is 30.7 Å². The minimum Gasteiger partial charge on any atom is -0.504 e. The molecule has 4 rings (SSSR count). The molecule has 0 radical (unpaired) electrons. The van der Waals surface area contributed by atoms with Gasteiger partial charge in [-0.15, -0.1) is 0 Å². The highest BCUT2D eigenvalue weighted by Gasteiger charge is 2.30. The van der Waals surface area contributed by atoms with Crippen molar-refractivity contribution >= 4 is 38.7 Å². The lowest BCUT2D eigenvalue weighted by Crippen LogP contribution is -2.43. The van der Waals surface area contributed by atoms with E-state index >= 15 is 0 Å². The average Bonchev–Trinajstić information content (AvgIpc) is 2.71. The van der Waals surface area contributed by atoms with Crippen molar-refractivity contribution in [1.82, 2.24) is 20.0 Å². The highest BCUT2D eigenvalue weighted by molar-refractivity contribution is 7.91. The van der Waals surface area contributed by atoms with E-state index in [4.69, 9.17) is 0 Å². The third kappa shape index (κ3) is 3.16. The zero-order chi connectivity index (χ0) is 21.6. The molecule has 0 saturated carbocycles. The molecule has 0 aliphatic carbocycles. The lowest BCUT2D eigenvalue weighted by Gasteiger charge is -2.22. The van der Waals surface area contributed by atoms with E-state index in [9.17, 15) is 27.5 Å². The molecule has 10 nitrogen and oxygen atoms in total. The van der Waals surface area contributed by atoms with E-state index in [1.165, 1.54) is 24.4 Å². The first kappa shape index (κ1) is 19.5. The quantitative estimate of drug-likeness (QED) is 0.479. The molecule has 3 heterocycles. The summed E-state index contributed by atoms with van der Waals surface area (Å²) in [4.78, 5) is 33.3. The normalized spacial score (nSPS) is 16.1. The Labute approximate surface area is 169 Å². The van der Waals surface area contributed by atoms with Crippen LogP contribution in [0, 0.1) is 5.82 Å². The number of carbonyl (C=O) groups is 2. The summed E-state index contributed by atoms with van der Waals surface area (Å²) in [5.74, 6) is -3.43. The Hall–Kier alpha value is -3.80. The van der Waals surface area contributed by atoms with E-state index in [0.717, 1.165) is 19.2 Å². The van der Waals surface area contributed by atoms with Crippen LogP contribution in [0.4, 0.5) is 10.2 Å². The van der Waals surface area contributed by atoms with E-state index in [1.54, 1.807) is 0 Å². The van der Waals surface area contributed by atoms with Gasteiger partial charge in [0.2, 0.25) is 0 Å². The Bertz CT molecular complexity index is 1330. The Kier molecular flexibility index (Phi) is 4.50. The smallest absolute Gasteiger partial charge is 0.327 e.